The second-order valence-corrected chi connectivity index (χ2v) is 4.83. The van der Waals surface area contributed by atoms with Gasteiger partial charge in [-0.1, -0.05) is 0 Å². The summed E-state index contributed by atoms with van der Waals surface area (Å²) in [6, 6.07) is 7.30. The first-order valence-electron chi connectivity index (χ1n) is 4.94. The lowest BCUT2D eigenvalue weighted by atomic mass is 10.0. The van der Waals surface area contributed by atoms with Gasteiger partial charge in [0.2, 0.25) is 0 Å². The Balaban J connectivity index is 2.46. The number of rotatable bonds is 2. The maximum atomic E-state index is 13.4. The standard InChI is InChI=1S/C13H6F3IO/c14-10-6-12(16)11(15)5-9(10)13(18)7-1-3-8(17)4-2-7/h1-6H. The summed E-state index contributed by atoms with van der Waals surface area (Å²) in [6.07, 6.45) is 0. The number of halogens is 4. The lowest BCUT2D eigenvalue weighted by molar-refractivity contribution is 0.103. The van der Waals surface area contributed by atoms with Crippen LogP contribution in [-0.4, -0.2) is 5.78 Å². The van der Waals surface area contributed by atoms with Gasteiger partial charge in [0.05, 0.1) is 5.56 Å². The first kappa shape index (κ1) is 13.1. The van der Waals surface area contributed by atoms with Gasteiger partial charge in [-0.2, -0.15) is 0 Å². The summed E-state index contributed by atoms with van der Waals surface area (Å²) in [6.45, 7) is 0. The largest absolute Gasteiger partial charge is 0.288 e. The molecule has 0 aliphatic heterocycles. The molecule has 0 N–H and O–H groups in total. The van der Waals surface area contributed by atoms with Gasteiger partial charge in [-0.05, 0) is 52.9 Å². The molecule has 0 bridgehead atoms. The Morgan fingerprint density at radius 3 is 2.06 bits per heavy atom. The van der Waals surface area contributed by atoms with Crippen LogP contribution < -0.4 is 0 Å². The van der Waals surface area contributed by atoms with Crippen LogP contribution in [0.2, 0.25) is 0 Å². The molecule has 0 saturated carbocycles. The Kier molecular flexibility index (Phi) is 3.70. The summed E-state index contributed by atoms with van der Waals surface area (Å²) in [7, 11) is 0. The Labute approximate surface area is 115 Å². The highest BCUT2D eigenvalue weighted by molar-refractivity contribution is 14.1. The van der Waals surface area contributed by atoms with Crippen LogP contribution in [0, 0.1) is 21.0 Å². The van der Waals surface area contributed by atoms with Crippen LogP contribution >= 0.6 is 22.6 Å². The molecule has 0 unspecified atom stereocenters. The number of hydrogen-bond donors (Lipinski definition) is 0. The van der Waals surface area contributed by atoms with Crippen molar-refractivity contribution >= 4 is 28.4 Å². The monoisotopic (exact) mass is 362 g/mol. The molecule has 92 valence electrons. The lowest BCUT2D eigenvalue weighted by Crippen LogP contribution is -2.06. The maximum Gasteiger partial charge on any atom is 0.196 e. The zero-order chi connectivity index (χ0) is 13.3. The second kappa shape index (κ2) is 5.09. The van der Waals surface area contributed by atoms with Gasteiger partial charge >= 0.3 is 0 Å². The molecule has 0 aliphatic carbocycles. The van der Waals surface area contributed by atoms with Gasteiger partial charge < -0.3 is 0 Å². The predicted molar refractivity (Wildman–Crippen MR) is 68.9 cm³/mol. The molecular formula is C13H6F3IO. The molecular weight excluding hydrogens is 356 g/mol. The summed E-state index contributed by atoms with van der Waals surface area (Å²) in [5.74, 6) is -4.31. The summed E-state index contributed by atoms with van der Waals surface area (Å²) in [5.41, 5.74) is -0.254. The fourth-order valence-electron chi connectivity index (χ4n) is 1.45. The molecule has 2 aromatic rings. The van der Waals surface area contributed by atoms with Crippen molar-refractivity contribution in [1.29, 1.82) is 0 Å². The van der Waals surface area contributed by atoms with Crippen LogP contribution in [0.15, 0.2) is 36.4 Å². The van der Waals surface area contributed by atoms with Gasteiger partial charge in [0.25, 0.3) is 0 Å². The molecule has 0 spiro atoms. The molecule has 2 rings (SSSR count). The Morgan fingerprint density at radius 1 is 0.889 bits per heavy atom. The van der Waals surface area contributed by atoms with E-state index in [4.69, 9.17) is 0 Å². The number of hydrogen-bond acceptors (Lipinski definition) is 1. The van der Waals surface area contributed by atoms with Crippen molar-refractivity contribution in [3.8, 4) is 0 Å². The highest BCUT2D eigenvalue weighted by Crippen LogP contribution is 2.18. The first-order valence-corrected chi connectivity index (χ1v) is 6.01. The Hall–Kier alpha value is -1.37. The van der Waals surface area contributed by atoms with Crippen LogP contribution in [0.3, 0.4) is 0 Å². The molecule has 0 heterocycles. The van der Waals surface area contributed by atoms with E-state index in [1.165, 1.54) is 12.1 Å². The number of carbonyl (C=O) groups is 1. The van der Waals surface area contributed by atoms with E-state index in [-0.39, 0.29) is 5.56 Å². The lowest BCUT2D eigenvalue weighted by Gasteiger charge is -2.04. The highest BCUT2D eigenvalue weighted by atomic mass is 127. The average Bonchev–Trinajstić information content (AvgIpc) is 2.34. The van der Waals surface area contributed by atoms with Crippen molar-refractivity contribution in [3.05, 3.63) is 68.5 Å². The van der Waals surface area contributed by atoms with Crippen molar-refractivity contribution in [2.75, 3.05) is 0 Å². The Morgan fingerprint density at radius 2 is 1.44 bits per heavy atom. The summed E-state index contributed by atoms with van der Waals surface area (Å²) in [5, 5.41) is 0. The predicted octanol–water partition coefficient (Wildman–Crippen LogP) is 3.94. The van der Waals surface area contributed by atoms with Gasteiger partial charge in [0.1, 0.15) is 5.82 Å². The number of carbonyl (C=O) groups excluding carboxylic acids is 1. The van der Waals surface area contributed by atoms with Gasteiger partial charge in [-0.3, -0.25) is 4.79 Å². The van der Waals surface area contributed by atoms with Crippen molar-refractivity contribution in [3.63, 3.8) is 0 Å². The zero-order valence-corrected chi connectivity index (χ0v) is 11.0. The van der Waals surface area contributed by atoms with Crippen LogP contribution in [0.25, 0.3) is 0 Å². The topological polar surface area (TPSA) is 17.1 Å². The summed E-state index contributed by atoms with van der Waals surface area (Å²) in [4.78, 5) is 11.9. The molecule has 0 fully saturated rings. The second-order valence-electron chi connectivity index (χ2n) is 3.58. The van der Waals surface area contributed by atoms with Crippen molar-refractivity contribution in [2.24, 2.45) is 0 Å². The van der Waals surface area contributed by atoms with Crippen molar-refractivity contribution in [1.82, 2.24) is 0 Å². The zero-order valence-electron chi connectivity index (χ0n) is 8.88. The quantitative estimate of drug-likeness (QED) is 0.450. The normalized spacial score (nSPS) is 10.4. The van der Waals surface area contributed by atoms with Gasteiger partial charge in [0.15, 0.2) is 17.4 Å². The molecule has 0 amide bonds. The van der Waals surface area contributed by atoms with E-state index < -0.39 is 28.8 Å². The molecule has 0 saturated heterocycles. The third-order valence-corrected chi connectivity index (χ3v) is 3.08. The molecule has 0 aromatic heterocycles. The minimum atomic E-state index is -1.31. The third kappa shape index (κ3) is 2.55. The van der Waals surface area contributed by atoms with E-state index in [2.05, 4.69) is 22.6 Å². The van der Waals surface area contributed by atoms with Crippen LogP contribution in [-0.2, 0) is 0 Å². The van der Waals surface area contributed by atoms with E-state index >= 15 is 0 Å². The van der Waals surface area contributed by atoms with Crippen molar-refractivity contribution in [2.45, 2.75) is 0 Å². The first-order chi connectivity index (χ1) is 8.49. The van der Waals surface area contributed by atoms with Crippen LogP contribution in [0.4, 0.5) is 13.2 Å². The summed E-state index contributed by atoms with van der Waals surface area (Å²) < 4.78 is 40.1. The average molecular weight is 362 g/mol. The summed E-state index contributed by atoms with van der Waals surface area (Å²) >= 11 is 2.06. The van der Waals surface area contributed by atoms with E-state index in [1.54, 1.807) is 12.1 Å². The van der Waals surface area contributed by atoms with E-state index in [1.807, 2.05) is 0 Å². The van der Waals surface area contributed by atoms with E-state index in [9.17, 15) is 18.0 Å². The maximum absolute atomic E-state index is 13.4. The molecule has 18 heavy (non-hydrogen) atoms. The highest BCUT2D eigenvalue weighted by Gasteiger charge is 2.17. The number of ketones is 1. The van der Waals surface area contributed by atoms with Gasteiger partial charge in [-0.25, -0.2) is 13.2 Å². The molecule has 0 radical (unpaired) electrons. The van der Waals surface area contributed by atoms with Gasteiger partial charge in [-0.15, -0.1) is 0 Å². The fraction of sp³-hybridized carbons (Fsp3) is 0. The fourth-order valence-corrected chi connectivity index (χ4v) is 1.81. The van der Waals surface area contributed by atoms with Crippen LogP contribution in [0.5, 0.6) is 0 Å². The molecule has 0 atom stereocenters. The van der Waals surface area contributed by atoms with Crippen LogP contribution in [0.1, 0.15) is 15.9 Å². The molecule has 0 aliphatic rings. The molecule has 2 aromatic carbocycles. The molecule has 1 nitrogen and oxygen atoms in total. The smallest absolute Gasteiger partial charge is 0.196 e. The van der Waals surface area contributed by atoms with E-state index in [0.29, 0.717) is 12.1 Å². The SMILES string of the molecule is O=C(c1ccc(I)cc1)c1cc(F)c(F)cc1F. The third-order valence-electron chi connectivity index (χ3n) is 2.36. The minimum absolute atomic E-state index is 0.223. The minimum Gasteiger partial charge on any atom is -0.288 e. The van der Waals surface area contributed by atoms with Crippen molar-refractivity contribution < 1.29 is 18.0 Å². The molecule has 5 heteroatoms. The van der Waals surface area contributed by atoms with Gasteiger partial charge in [0, 0.05) is 15.2 Å². The van der Waals surface area contributed by atoms with E-state index in [0.717, 1.165) is 3.57 Å². The Bertz CT molecular complexity index is 608. The number of benzene rings is 2.